The fourth-order valence-corrected chi connectivity index (χ4v) is 2.57. The van der Waals surface area contributed by atoms with Crippen LogP contribution < -0.4 is 18.9 Å². The van der Waals surface area contributed by atoms with E-state index in [0.29, 0.717) is 28.4 Å². The van der Waals surface area contributed by atoms with Crippen molar-refractivity contribution in [1.82, 2.24) is 0 Å². The summed E-state index contributed by atoms with van der Waals surface area (Å²) in [6.07, 6.45) is 1.81. The molecule has 0 aliphatic carbocycles. The zero-order valence-corrected chi connectivity index (χ0v) is 13.8. The van der Waals surface area contributed by atoms with Gasteiger partial charge in [-0.15, -0.1) is 0 Å². The molecule has 0 saturated heterocycles. The first-order chi connectivity index (χ1) is 11.7. The molecule has 124 valence electrons. The van der Waals surface area contributed by atoms with Crippen molar-refractivity contribution in [2.24, 2.45) is 0 Å². The number of rotatable bonds is 4. The summed E-state index contributed by atoms with van der Waals surface area (Å²) >= 11 is 0. The fraction of sp³-hybridized carbons (Fsp3) is 0.211. The molecule has 0 spiro atoms. The summed E-state index contributed by atoms with van der Waals surface area (Å²) < 4.78 is 21.4. The van der Waals surface area contributed by atoms with E-state index in [1.165, 1.54) is 7.11 Å². The molecule has 5 nitrogen and oxygen atoms in total. The molecule has 2 aromatic rings. The van der Waals surface area contributed by atoms with E-state index < -0.39 is 0 Å². The lowest BCUT2D eigenvalue weighted by molar-refractivity contribution is 0.0997. The van der Waals surface area contributed by atoms with Crippen molar-refractivity contribution >= 4 is 11.9 Å². The van der Waals surface area contributed by atoms with Crippen LogP contribution >= 0.6 is 0 Å². The van der Waals surface area contributed by atoms with Crippen molar-refractivity contribution in [1.29, 1.82) is 0 Å². The quantitative estimate of drug-likeness (QED) is 0.806. The molecule has 5 heteroatoms. The minimum absolute atomic E-state index is 0.105. The number of fused-ring (bicyclic) bond motifs is 1. The molecule has 0 fully saturated rings. The number of ketones is 1. The molecular weight excluding hydrogens is 308 g/mol. The molecule has 0 atom stereocenters. The Morgan fingerprint density at radius 3 is 2.29 bits per heavy atom. The SMILES string of the molecule is COc1ccc(/C=C2/COc3cc(OC)cc(OC)c3C2=O)cc1. The van der Waals surface area contributed by atoms with Gasteiger partial charge in [-0.3, -0.25) is 4.79 Å². The molecule has 0 saturated carbocycles. The third kappa shape index (κ3) is 2.93. The summed E-state index contributed by atoms with van der Waals surface area (Å²) in [5.41, 5.74) is 1.89. The smallest absolute Gasteiger partial charge is 0.199 e. The Hall–Kier alpha value is -2.95. The van der Waals surface area contributed by atoms with Crippen molar-refractivity contribution in [3.05, 3.63) is 53.1 Å². The second-order valence-corrected chi connectivity index (χ2v) is 5.26. The lowest BCUT2D eigenvalue weighted by Gasteiger charge is -2.21. The van der Waals surface area contributed by atoms with Crippen LogP contribution in [0.2, 0.25) is 0 Å². The Morgan fingerprint density at radius 2 is 1.67 bits per heavy atom. The average Bonchev–Trinajstić information content (AvgIpc) is 2.63. The van der Waals surface area contributed by atoms with Crippen LogP contribution in [0.3, 0.4) is 0 Å². The lowest BCUT2D eigenvalue weighted by Crippen LogP contribution is -2.20. The van der Waals surface area contributed by atoms with E-state index in [2.05, 4.69) is 0 Å². The summed E-state index contributed by atoms with van der Waals surface area (Å²) in [7, 11) is 4.69. The van der Waals surface area contributed by atoms with Gasteiger partial charge >= 0.3 is 0 Å². The molecule has 1 aliphatic rings. The molecule has 0 unspecified atom stereocenters. The second kappa shape index (κ2) is 6.66. The first-order valence-corrected chi connectivity index (χ1v) is 7.44. The number of carbonyl (C=O) groups excluding carboxylic acids is 1. The van der Waals surface area contributed by atoms with E-state index in [1.54, 1.807) is 26.4 Å². The summed E-state index contributed by atoms with van der Waals surface area (Å²) in [5.74, 6) is 2.16. The number of carbonyl (C=O) groups is 1. The maximum atomic E-state index is 12.8. The lowest BCUT2D eigenvalue weighted by atomic mass is 9.97. The highest BCUT2D eigenvalue weighted by molar-refractivity contribution is 6.15. The van der Waals surface area contributed by atoms with Crippen LogP contribution in [0.5, 0.6) is 23.0 Å². The van der Waals surface area contributed by atoms with E-state index in [9.17, 15) is 4.79 Å². The predicted octanol–water partition coefficient (Wildman–Crippen LogP) is 3.37. The van der Waals surface area contributed by atoms with Crippen LogP contribution in [0.4, 0.5) is 0 Å². The van der Waals surface area contributed by atoms with E-state index >= 15 is 0 Å². The number of hydrogen-bond donors (Lipinski definition) is 0. The van der Waals surface area contributed by atoms with E-state index in [4.69, 9.17) is 18.9 Å². The number of Topliss-reactive ketones (excluding diaryl/α,β-unsaturated/α-hetero) is 1. The zero-order chi connectivity index (χ0) is 17.1. The van der Waals surface area contributed by atoms with Gasteiger partial charge in [0.25, 0.3) is 0 Å². The third-order valence-corrected chi connectivity index (χ3v) is 3.85. The molecule has 3 rings (SSSR count). The highest BCUT2D eigenvalue weighted by Gasteiger charge is 2.28. The normalized spacial score (nSPS) is 14.8. The third-order valence-electron chi connectivity index (χ3n) is 3.85. The molecule has 0 N–H and O–H groups in total. The van der Waals surface area contributed by atoms with E-state index in [1.807, 2.05) is 30.3 Å². The van der Waals surface area contributed by atoms with Gasteiger partial charge in [-0.2, -0.15) is 0 Å². The van der Waals surface area contributed by atoms with Crippen LogP contribution in [0, 0.1) is 0 Å². The fourth-order valence-electron chi connectivity index (χ4n) is 2.57. The van der Waals surface area contributed by atoms with Crippen molar-refractivity contribution in [3.63, 3.8) is 0 Å². The number of benzene rings is 2. The first kappa shape index (κ1) is 15.9. The summed E-state index contributed by atoms with van der Waals surface area (Å²) in [5, 5.41) is 0. The maximum absolute atomic E-state index is 12.8. The Labute approximate surface area is 140 Å². The second-order valence-electron chi connectivity index (χ2n) is 5.26. The Balaban J connectivity index is 1.98. The summed E-state index contributed by atoms with van der Waals surface area (Å²) in [6.45, 7) is 0.203. The van der Waals surface area contributed by atoms with Crippen LogP contribution in [-0.2, 0) is 0 Å². The molecule has 0 amide bonds. The Bertz CT molecular complexity index is 773. The van der Waals surface area contributed by atoms with Gasteiger partial charge in [0.15, 0.2) is 5.78 Å². The van der Waals surface area contributed by atoms with Gasteiger partial charge in [0, 0.05) is 17.7 Å². The highest BCUT2D eigenvalue weighted by Crippen LogP contribution is 2.38. The predicted molar refractivity (Wildman–Crippen MR) is 90.3 cm³/mol. The molecule has 0 aromatic heterocycles. The Morgan fingerprint density at radius 1 is 0.958 bits per heavy atom. The van der Waals surface area contributed by atoms with Crippen LogP contribution in [0.1, 0.15) is 15.9 Å². The molecule has 24 heavy (non-hydrogen) atoms. The maximum Gasteiger partial charge on any atom is 0.199 e. The van der Waals surface area contributed by atoms with E-state index in [-0.39, 0.29) is 12.4 Å². The van der Waals surface area contributed by atoms with Crippen LogP contribution in [0.15, 0.2) is 42.0 Å². The van der Waals surface area contributed by atoms with Crippen LogP contribution in [-0.4, -0.2) is 33.7 Å². The van der Waals surface area contributed by atoms with E-state index in [0.717, 1.165) is 11.3 Å². The van der Waals surface area contributed by atoms with Gasteiger partial charge in [-0.25, -0.2) is 0 Å². The average molecular weight is 326 g/mol. The van der Waals surface area contributed by atoms with Crippen LogP contribution in [0.25, 0.3) is 6.08 Å². The van der Waals surface area contributed by atoms with Crippen molar-refractivity contribution in [3.8, 4) is 23.0 Å². The zero-order valence-electron chi connectivity index (χ0n) is 13.8. The summed E-state index contributed by atoms with van der Waals surface area (Å²) in [6, 6.07) is 10.8. The first-order valence-electron chi connectivity index (χ1n) is 7.44. The van der Waals surface area contributed by atoms with Crippen molar-refractivity contribution < 1.29 is 23.7 Å². The number of hydrogen-bond acceptors (Lipinski definition) is 5. The molecule has 0 radical (unpaired) electrons. The number of methoxy groups -OCH3 is 3. The topological polar surface area (TPSA) is 54.0 Å². The Kier molecular flexibility index (Phi) is 4.42. The van der Waals surface area contributed by atoms with Gasteiger partial charge in [-0.05, 0) is 23.8 Å². The molecular formula is C19H18O5. The van der Waals surface area contributed by atoms with Crippen molar-refractivity contribution in [2.75, 3.05) is 27.9 Å². The standard InChI is InChI=1S/C19H18O5/c1-21-14-6-4-12(5-7-14)8-13-11-24-17-10-15(22-2)9-16(23-3)18(17)19(13)20/h4-10H,11H2,1-3H3/b13-8-. The van der Waals surface area contributed by atoms with Gasteiger partial charge < -0.3 is 18.9 Å². The summed E-state index contributed by atoms with van der Waals surface area (Å²) in [4.78, 5) is 12.8. The van der Waals surface area contributed by atoms with Gasteiger partial charge in [0.05, 0.1) is 21.3 Å². The van der Waals surface area contributed by atoms with Gasteiger partial charge in [0.2, 0.25) is 0 Å². The largest absolute Gasteiger partial charge is 0.497 e. The monoisotopic (exact) mass is 326 g/mol. The minimum Gasteiger partial charge on any atom is -0.497 e. The molecule has 1 heterocycles. The molecule has 2 aromatic carbocycles. The highest BCUT2D eigenvalue weighted by atomic mass is 16.5. The van der Waals surface area contributed by atoms with Crippen molar-refractivity contribution in [2.45, 2.75) is 0 Å². The molecule has 0 bridgehead atoms. The molecule has 1 aliphatic heterocycles. The van der Waals surface area contributed by atoms with Gasteiger partial charge in [-0.1, -0.05) is 12.1 Å². The minimum atomic E-state index is -0.105. The number of ether oxygens (including phenoxy) is 4. The van der Waals surface area contributed by atoms with Gasteiger partial charge in [0.1, 0.15) is 35.2 Å².